The molecule has 0 aromatic heterocycles. The Morgan fingerprint density at radius 3 is 2.58 bits per heavy atom. The van der Waals surface area contributed by atoms with Crippen molar-refractivity contribution in [2.75, 3.05) is 11.9 Å². The molecule has 0 fully saturated rings. The topological polar surface area (TPSA) is 29.1 Å². The van der Waals surface area contributed by atoms with Crippen molar-refractivity contribution < 1.29 is 9.18 Å². The second-order valence-electron chi connectivity index (χ2n) is 4.15. The SMILES string of the molecule is O=C(CNc1ccccc1)Cc1cccc(Cl)c1F. The third-order valence-corrected chi connectivity index (χ3v) is 2.97. The van der Waals surface area contributed by atoms with Crippen LogP contribution in [0.4, 0.5) is 10.1 Å². The van der Waals surface area contributed by atoms with E-state index in [-0.39, 0.29) is 23.8 Å². The Kier molecular flexibility index (Phi) is 4.53. The second kappa shape index (κ2) is 6.34. The standard InChI is InChI=1S/C15H13ClFNO/c16-14-8-4-5-11(15(14)17)9-13(19)10-18-12-6-2-1-3-7-12/h1-8,18H,9-10H2. The van der Waals surface area contributed by atoms with E-state index in [0.29, 0.717) is 5.56 Å². The smallest absolute Gasteiger partial charge is 0.156 e. The summed E-state index contributed by atoms with van der Waals surface area (Å²) < 4.78 is 13.6. The summed E-state index contributed by atoms with van der Waals surface area (Å²) in [5.41, 5.74) is 1.19. The van der Waals surface area contributed by atoms with Gasteiger partial charge in [-0.25, -0.2) is 4.39 Å². The predicted molar refractivity (Wildman–Crippen MR) is 75.1 cm³/mol. The Morgan fingerprint density at radius 2 is 1.84 bits per heavy atom. The quantitative estimate of drug-likeness (QED) is 0.903. The number of hydrogen-bond donors (Lipinski definition) is 1. The zero-order valence-corrected chi connectivity index (χ0v) is 11.0. The molecule has 2 nitrogen and oxygen atoms in total. The molecule has 0 radical (unpaired) electrons. The van der Waals surface area contributed by atoms with E-state index < -0.39 is 5.82 Å². The summed E-state index contributed by atoms with van der Waals surface area (Å²) in [6.45, 7) is 0.163. The molecule has 0 saturated carbocycles. The van der Waals surface area contributed by atoms with Crippen molar-refractivity contribution >= 4 is 23.1 Å². The van der Waals surface area contributed by atoms with Gasteiger partial charge in [-0.3, -0.25) is 4.79 Å². The summed E-state index contributed by atoms with van der Waals surface area (Å²) in [4.78, 5) is 11.8. The van der Waals surface area contributed by atoms with E-state index in [1.54, 1.807) is 12.1 Å². The van der Waals surface area contributed by atoms with Crippen LogP contribution in [-0.4, -0.2) is 12.3 Å². The molecule has 98 valence electrons. The van der Waals surface area contributed by atoms with Crippen molar-refractivity contribution in [3.8, 4) is 0 Å². The van der Waals surface area contributed by atoms with E-state index in [0.717, 1.165) is 5.69 Å². The van der Waals surface area contributed by atoms with E-state index >= 15 is 0 Å². The highest BCUT2D eigenvalue weighted by atomic mass is 35.5. The number of halogens is 2. The van der Waals surface area contributed by atoms with Crippen molar-refractivity contribution in [1.29, 1.82) is 0 Å². The maximum atomic E-state index is 13.6. The third kappa shape index (κ3) is 3.80. The number of ketones is 1. The number of hydrogen-bond acceptors (Lipinski definition) is 2. The van der Waals surface area contributed by atoms with Gasteiger partial charge in [-0.05, 0) is 23.8 Å². The van der Waals surface area contributed by atoms with Gasteiger partial charge in [0.05, 0.1) is 11.6 Å². The number of para-hydroxylation sites is 1. The van der Waals surface area contributed by atoms with E-state index in [9.17, 15) is 9.18 Å². The normalized spacial score (nSPS) is 10.2. The molecule has 0 atom stereocenters. The highest BCUT2D eigenvalue weighted by molar-refractivity contribution is 6.30. The van der Waals surface area contributed by atoms with Gasteiger partial charge < -0.3 is 5.32 Å². The van der Waals surface area contributed by atoms with Gasteiger partial charge in [0, 0.05) is 12.1 Å². The Bertz CT molecular complexity index is 572. The average molecular weight is 278 g/mol. The van der Waals surface area contributed by atoms with Crippen LogP contribution in [0.5, 0.6) is 0 Å². The summed E-state index contributed by atoms with van der Waals surface area (Å²) in [6, 6.07) is 14.1. The van der Waals surface area contributed by atoms with Crippen molar-refractivity contribution in [2.24, 2.45) is 0 Å². The van der Waals surface area contributed by atoms with Crippen LogP contribution in [0.2, 0.25) is 5.02 Å². The van der Waals surface area contributed by atoms with Gasteiger partial charge in [-0.15, -0.1) is 0 Å². The summed E-state index contributed by atoms with van der Waals surface area (Å²) in [5, 5.41) is 3.04. The lowest BCUT2D eigenvalue weighted by Gasteiger charge is -2.06. The Labute approximate surface area is 116 Å². The van der Waals surface area contributed by atoms with Crippen LogP contribution in [0, 0.1) is 5.82 Å². The maximum absolute atomic E-state index is 13.6. The summed E-state index contributed by atoms with van der Waals surface area (Å²) in [7, 11) is 0. The van der Waals surface area contributed by atoms with Crippen LogP contribution in [0.15, 0.2) is 48.5 Å². The monoisotopic (exact) mass is 277 g/mol. The highest BCUT2D eigenvalue weighted by Crippen LogP contribution is 2.18. The highest BCUT2D eigenvalue weighted by Gasteiger charge is 2.10. The lowest BCUT2D eigenvalue weighted by Crippen LogP contribution is -2.16. The molecule has 0 unspecified atom stereocenters. The summed E-state index contributed by atoms with van der Waals surface area (Å²) in [6.07, 6.45) is 0.0340. The first-order valence-corrected chi connectivity index (χ1v) is 6.28. The van der Waals surface area contributed by atoms with Crippen LogP contribution in [0.25, 0.3) is 0 Å². The van der Waals surface area contributed by atoms with Gasteiger partial charge >= 0.3 is 0 Å². The van der Waals surface area contributed by atoms with E-state index in [2.05, 4.69) is 5.32 Å². The van der Waals surface area contributed by atoms with Gasteiger partial charge in [0.25, 0.3) is 0 Å². The number of Topliss-reactive ketones (excluding diaryl/α,β-unsaturated/α-hetero) is 1. The third-order valence-electron chi connectivity index (χ3n) is 2.68. The molecular weight excluding hydrogens is 265 g/mol. The number of nitrogens with one attached hydrogen (secondary N) is 1. The fraction of sp³-hybridized carbons (Fsp3) is 0.133. The molecule has 2 aromatic carbocycles. The van der Waals surface area contributed by atoms with Crippen LogP contribution >= 0.6 is 11.6 Å². The fourth-order valence-corrected chi connectivity index (χ4v) is 1.91. The molecule has 0 spiro atoms. The van der Waals surface area contributed by atoms with E-state index in [1.807, 2.05) is 30.3 Å². The number of benzene rings is 2. The van der Waals surface area contributed by atoms with Gasteiger partial charge in [-0.2, -0.15) is 0 Å². The molecule has 0 saturated heterocycles. The largest absolute Gasteiger partial charge is 0.378 e. The summed E-state index contributed by atoms with van der Waals surface area (Å²) in [5.74, 6) is -0.609. The first kappa shape index (κ1) is 13.6. The first-order chi connectivity index (χ1) is 9.16. The van der Waals surface area contributed by atoms with Gasteiger partial charge in [0.1, 0.15) is 5.82 Å². The van der Waals surface area contributed by atoms with Crippen LogP contribution in [0.3, 0.4) is 0 Å². The second-order valence-corrected chi connectivity index (χ2v) is 4.56. The molecule has 2 rings (SSSR count). The molecular formula is C15H13ClFNO. The molecule has 4 heteroatoms. The minimum Gasteiger partial charge on any atom is -0.378 e. The molecule has 0 aliphatic heterocycles. The molecule has 0 bridgehead atoms. The molecule has 0 heterocycles. The number of anilines is 1. The molecule has 2 aromatic rings. The lowest BCUT2D eigenvalue weighted by molar-refractivity contribution is -0.116. The van der Waals surface area contributed by atoms with Crippen molar-refractivity contribution in [3.63, 3.8) is 0 Å². The van der Waals surface area contributed by atoms with Crippen molar-refractivity contribution in [1.82, 2.24) is 0 Å². The minimum atomic E-state index is -0.516. The van der Waals surface area contributed by atoms with Crippen LogP contribution in [-0.2, 0) is 11.2 Å². The minimum absolute atomic E-state index is 0.0340. The molecule has 0 aliphatic carbocycles. The molecule has 19 heavy (non-hydrogen) atoms. The van der Waals surface area contributed by atoms with Crippen molar-refractivity contribution in [3.05, 3.63) is 64.9 Å². The lowest BCUT2D eigenvalue weighted by atomic mass is 10.1. The predicted octanol–water partition coefficient (Wildman–Crippen LogP) is 3.70. The van der Waals surface area contributed by atoms with Crippen LogP contribution < -0.4 is 5.32 Å². The fourth-order valence-electron chi connectivity index (χ4n) is 1.72. The zero-order chi connectivity index (χ0) is 13.7. The molecule has 1 N–H and O–H groups in total. The Balaban J connectivity index is 1.93. The van der Waals surface area contributed by atoms with E-state index in [4.69, 9.17) is 11.6 Å². The maximum Gasteiger partial charge on any atom is 0.156 e. The van der Waals surface area contributed by atoms with Crippen molar-refractivity contribution in [2.45, 2.75) is 6.42 Å². The average Bonchev–Trinajstić information content (AvgIpc) is 2.43. The number of carbonyl (C=O) groups is 1. The molecule has 0 aliphatic rings. The number of carbonyl (C=O) groups excluding carboxylic acids is 1. The zero-order valence-electron chi connectivity index (χ0n) is 10.2. The Hall–Kier alpha value is -1.87. The van der Waals surface area contributed by atoms with E-state index in [1.165, 1.54) is 6.07 Å². The van der Waals surface area contributed by atoms with Crippen LogP contribution in [0.1, 0.15) is 5.56 Å². The van der Waals surface area contributed by atoms with Gasteiger partial charge in [0.2, 0.25) is 0 Å². The van der Waals surface area contributed by atoms with Gasteiger partial charge in [-0.1, -0.05) is 41.9 Å². The summed E-state index contributed by atoms with van der Waals surface area (Å²) >= 11 is 5.67. The molecule has 0 amide bonds. The van der Waals surface area contributed by atoms with Gasteiger partial charge in [0.15, 0.2) is 5.78 Å². The first-order valence-electron chi connectivity index (χ1n) is 5.90. The number of rotatable bonds is 5. The Morgan fingerprint density at radius 1 is 1.11 bits per heavy atom.